The van der Waals surface area contributed by atoms with Crippen LogP contribution in [0.25, 0.3) is 91.9 Å². The smallest absolute Gasteiger partial charge is 0.159 e. The van der Waals surface area contributed by atoms with Crippen LogP contribution < -0.4 is 0 Å². The monoisotopic (exact) mass is 591 g/mol. The highest BCUT2D eigenvalue weighted by Gasteiger charge is 2.19. The fourth-order valence-electron chi connectivity index (χ4n) is 7.08. The molecular weight excluding hydrogens is 567 g/mol. The molecule has 0 fully saturated rings. The van der Waals surface area contributed by atoms with Gasteiger partial charge >= 0.3 is 0 Å². The van der Waals surface area contributed by atoms with E-state index in [1.165, 1.54) is 53.2 Å². The van der Waals surface area contributed by atoms with E-state index in [2.05, 4.69) is 150 Å². The summed E-state index contributed by atoms with van der Waals surface area (Å²) in [5, 5.41) is 7.37. The Morgan fingerprint density at radius 1 is 0.400 bits per heavy atom. The van der Waals surface area contributed by atoms with Gasteiger partial charge in [0.15, 0.2) is 5.58 Å². The highest BCUT2D eigenvalue weighted by Crippen LogP contribution is 2.41. The average Bonchev–Trinajstić information content (AvgIpc) is 3.77. The van der Waals surface area contributed by atoms with E-state index in [9.17, 15) is 0 Å². The van der Waals surface area contributed by atoms with Crippen molar-refractivity contribution in [1.82, 2.24) is 4.57 Å². The fourth-order valence-corrected chi connectivity index (χ4v) is 8.23. The molecule has 210 valence electrons. The molecule has 0 unspecified atom stereocenters. The van der Waals surface area contributed by atoms with Crippen LogP contribution in [0.3, 0.4) is 0 Å². The van der Waals surface area contributed by atoms with Gasteiger partial charge in [-0.3, -0.25) is 0 Å². The van der Waals surface area contributed by atoms with E-state index in [1.807, 2.05) is 17.4 Å². The largest absolute Gasteiger partial charge is 0.454 e. The molecule has 0 saturated carbocycles. The molecule has 3 aromatic heterocycles. The summed E-state index contributed by atoms with van der Waals surface area (Å²) in [6, 6.07) is 54.8. The zero-order valence-electron chi connectivity index (χ0n) is 24.2. The number of hydrogen-bond donors (Lipinski definition) is 0. The molecule has 7 aromatic carbocycles. The van der Waals surface area contributed by atoms with Crippen LogP contribution in [0.5, 0.6) is 0 Å². The number of rotatable bonds is 3. The van der Waals surface area contributed by atoms with E-state index in [4.69, 9.17) is 4.42 Å². The fraction of sp³-hybridized carbons (Fsp3) is 0. The van der Waals surface area contributed by atoms with Gasteiger partial charge in [0.25, 0.3) is 0 Å². The molecule has 0 aliphatic rings. The molecule has 3 heterocycles. The van der Waals surface area contributed by atoms with Crippen molar-refractivity contribution in [1.29, 1.82) is 0 Å². The van der Waals surface area contributed by atoms with E-state index in [1.54, 1.807) is 0 Å². The van der Waals surface area contributed by atoms with Gasteiger partial charge in [-0.1, -0.05) is 109 Å². The molecule has 0 bridgehead atoms. The number of thiophene rings is 1. The summed E-state index contributed by atoms with van der Waals surface area (Å²) in [6.45, 7) is 0. The minimum atomic E-state index is 0.905. The zero-order valence-corrected chi connectivity index (χ0v) is 25.0. The first-order valence-corrected chi connectivity index (χ1v) is 16.1. The van der Waals surface area contributed by atoms with Gasteiger partial charge < -0.3 is 8.98 Å². The first-order valence-electron chi connectivity index (χ1n) is 15.3. The molecule has 3 heteroatoms. The third-order valence-electron chi connectivity index (χ3n) is 9.21. The highest BCUT2D eigenvalue weighted by molar-refractivity contribution is 7.25. The molecule has 0 amide bonds. The van der Waals surface area contributed by atoms with Crippen LogP contribution in [0.2, 0.25) is 0 Å². The number of aromatic nitrogens is 1. The molecule has 0 radical (unpaired) electrons. The Kier molecular flexibility index (Phi) is 5.19. The SMILES string of the molecule is c1ccc(-c2ccc3c4cc(-c5ccc6c(c5)sc5ccccc56)ccc4n(-c4cccc5c4oc4ccccc45)c3c2)cc1. The number of furan rings is 1. The number of para-hydroxylation sites is 2. The van der Waals surface area contributed by atoms with Crippen molar-refractivity contribution in [3.63, 3.8) is 0 Å². The topological polar surface area (TPSA) is 18.1 Å². The maximum absolute atomic E-state index is 6.56. The van der Waals surface area contributed by atoms with Crippen LogP contribution in [0.1, 0.15) is 0 Å². The van der Waals surface area contributed by atoms with Gasteiger partial charge in [0.2, 0.25) is 0 Å². The molecule has 0 aliphatic carbocycles. The summed E-state index contributed by atoms with van der Waals surface area (Å²) in [6.07, 6.45) is 0. The summed E-state index contributed by atoms with van der Waals surface area (Å²) in [5.74, 6) is 0. The second-order valence-corrected chi connectivity index (χ2v) is 12.8. The van der Waals surface area contributed by atoms with Crippen LogP contribution in [-0.2, 0) is 0 Å². The van der Waals surface area contributed by atoms with Gasteiger partial charge in [-0.25, -0.2) is 0 Å². The van der Waals surface area contributed by atoms with Gasteiger partial charge in [0.05, 0.1) is 16.7 Å². The highest BCUT2D eigenvalue weighted by atomic mass is 32.1. The predicted octanol–water partition coefficient (Wildman–Crippen LogP) is 12.4. The Morgan fingerprint density at radius 2 is 1.09 bits per heavy atom. The van der Waals surface area contributed by atoms with Gasteiger partial charge in [-0.2, -0.15) is 0 Å². The van der Waals surface area contributed by atoms with Crippen LogP contribution in [-0.4, -0.2) is 4.57 Å². The van der Waals surface area contributed by atoms with Crippen LogP contribution in [0.4, 0.5) is 0 Å². The van der Waals surface area contributed by atoms with Crippen molar-refractivity contribution >= 4 is 75.3 Å². The third-order valence-corrected chi connectivity index (χ3v) is 10.3. The normalized spacial score (nSPS) is 12.0. The van der Waals surface area contributed by atoms with Gasteiger partial charge in [-0.05, 0) is 64.7 Å². The van der Waals surface area contributed by atoms with Crippen molar-refractivity contribution in [3.8, 4) is 27.9 Å². The summed E-state index contributed by atoms with van der Waals surface area (Å²) in [7, 11) is 0. The Labute approximate surface area is 263 Å². The van der Waals surface area contributed by atoms with Gasteiger partial charge in [0.1, 0.15) is 5.58 Å². The average molecular weight is 592 g/mol. The van der Waals surface area contributed by atoms with Crippen molar-refractivity contribution < 1.29 is 4.42 Å². The first-order chi connectivity index (χ1) is 22.3. The zero-order chi connectivity index (χ0) is 29.5. The van der Waals surface area contributed by atoms with Crippen molar-refractivity contribution in [2.75, 3.05) is 0 Å². The molecule has 0 atom stereocenters. The molecule has 0 spiro atoms. The molecule has 10 rings (SSSR count). The predicted molar refractivity (Wildman–Crippen MR) is 192 cm³/mol. The van der Waals surface area contributed by atoms with Crippen LogP contribution in [0.15, 0.2) is 156 Å². The lowest BCUT2D eigenvalue weighted by molar-refractivity contribution is 0.666. The number of hydrogen-bond acceptors (Lipinski definition) is 2. The van der Waals surface area contributed by atoms with Gasteiger partial charge in [-0.15, -0.1) is 11.3 Å². The lowest BCUT2D eigenvalue weighted by atomic mass is 10.0. The Morgan fingerprint density at radius 3 is 2.00 bits per heavy atom. The molecule has 0 aliphatic heterocycles. The summed E-state index contributed by atoms with van der Waals surface area (Å²) in [4.78, 5) is 0. The molecule has 0 N–H and O–H groups in total. The first kappa shape index (κ1) is 24.8. The molecule has 2 nitrogen and oxygen atoms in total. The minimum Gasteiger partial charge on any atom is -0.454 e. The number of benzene rings is 7. The van der Waals surface area contributed by atoms with E-state index >= 15 is 0 Å². The van der Waals surface area contributed by atoms with Crippen molar-refractivity contribution in [3.05, 3.63) is 152 Å². The Balaban J connectivity index is 1.25. The minimum absolute atomic E-state index is 0.905. The number of fused-ring (bicyclic) bond motifs is 9. The molecule has 0 saturated heterocycles. The summed E-state index contributed by atoms with van der Waals surface area (Å²) in [5.41, 5.74) is 10.0. The van der Waals surface area contributed by atoms with Crippen LogP contribution >= 0.6 is 11.3 Å². The standard InChI is InChI=1S/C42H25NOS/c1-2-9-26(10-3-1)28-17-20-30-35-23-27(29-18-21-33-32-12-5-7-16-40(32)45-41(33)25-29)19-22-36(35)43(38(30)24-28)37-14-8-13-34-31-11-4-6-15-39(31)44-42(34)37/h1-25H. The lowest BCUT2D eigenvalue weighted by Crippen LogP contribution is -1.94. The second kappa shape index (κ2) is 9.43. The van der Waals surface area contributed by atoms with E-state index in [0.717, 1.165) is 38.7 Å². The van der Waals surface area contributed by atoms with Crippen molar-refractivity contribution in [2.24, 2.45) is 0 Å². The Bertz CT molecular complexity index is 2760. The maximum Gasteiger partial charge on any atom is 0.159 e. The van der Waals surface area contributed by atoms with Crippen molar-refractivity contribution in [2.45, 2.75) is 0 Å². The third kappa shape index (κ3) is 3.68. The van der Waals surface area contributed by atoms with E-state index < -0.39 is 0 Å². The quantitative estimate of drug-likeness (QED) is 0.200. The molecular formula is C42H25NOS. The van der Waals surface area contributed by atoms with E-state index in [-0.39, 0.29) is 0 Å². The lowest BCUT2D eigenvalue weighted by Gasteiger charge is -2.10. The van der Waals surface area contributed by atoms with Gasteiger partial charge in [0, 0.05) is 41.7 Å². The second-order valence-electron chi connectivity index (χ2n) is 11.7. The molecule has 10 aromatic rings. The van der Waals surface area contributed by atoms with Crippen LogP contribution in [0, 0.1) is 0 Å². The Hall–Kier alpha value is -5.64. The number of nitrogens with zero attached hydrogens (tertiary/aromatic N) is 1. The maximum atomic E-state index is 6.56. The summed E-state index contributed by atoms with van der Waals surface area (Å²) >= 11 is 1.87. The molecule has 45 heavy (non-hydrogen) atoms. The van der Waals surface area contributed by atoms with E-state index in [0.29, 0.717) is 0 Å². The summed E-state index contributed by atoms with van der Waals surface area (Å²) < 4.78 is 11.6.